The van der Waals surface area contributed by atoms with Gasteiger partial charge in [-0.1, -0.05) is 97.2 Å². The lowest BCUT2D eigenvalue weighted by Crippen LogP contribution is -2.52. The Hall–Kier alpha value is -3.11. The van der Waals surface area contributed by atoms with E-state index in [9.17, 15) is 9.59 Å². The molecule has 0 aliphatic heterocycles. The third-order valence-electron chi connectivity index (χ3n) is 6.44. The van der Waals surface area contributed by atoms with Crippen LogP contribution in [0.1, 0.15) is 42.4 Å². The topological polar surface area (TPSA) is 49.4 Å². The molecule has 0 heterocycles. The summed E-state index contributed by atoms with van der Waals surface area (Å²) in [5, 5.41) is 3.88. The Labute approximate surface area is 206 Å². The summed E-state index contributed by atoms with van der Waals surface area (Å²) in [6.45, 7) is 0.346. The molecule has 176 valence electrons. The van der Waals surface area contributed by atoms with Crippen molar-refractivity contribution in [3.8, 4) is 0 Å². The zero-order chi connectivity index (χ0) is 23.8. The Bertz CT molecular complexity index is 1060. The maximum atomic E-state index is 13.7. The van der Waals surface area contributed by atoms with Gasteiger partial charge in [0.15, 0.2) is 0 Å². The standard InChI is InChI=1S/C29H31ClN2O2/c30-25-17-15-24(16-18-25)21-32(28(33)20-23-11-5-2-6-12-23)27(19-22-9-3-1-4-10-22)29(34)31-26-13-7-8-14-26/h1-6,9-12,15-18,26-27H,7-8,13-14,19-21H2,(H,31,34)/t27-/m1/s1. The van der Waals surface area contributed by atoms with Crippen LogP contribution in [0.3, 0.4) is 0 Å². The summed E-state index contributed by atoms with van der Waals surface area (Å²) < 4.78 is 0. The summed E-state index contributed by atoms with van der Waals surface area (Å²) in [6.07, 6.45) is 4.98. The Balaban J connectivity index is 1.64. The van der Waals surface area contributed by atoms with Gasteiger partial charge in [0, 0.05) is 24.0 Å². The molecule has 0 bridgehead atoms. The van der Waals surface area contributed by atoms with E-state index in [-0.39, 0.29) is 24.3 Å². The van der Waals surface area contributed by atoms with Crippen LogP contribution in [0.15, 0.2) is 84.9 Å². The van der Waals surface area contributed by atoms with Crippen molar-refractivity contribution in [1.82, 2.24) is 10.2 Å². The molecule has 1 saturated carbocycles. The van der Waals surface area contributed by atoms with Gasteiger partial charge in [0.2, 0.25) is 11.8 Å². The van der Waals surface area contributed by atoms with Gasteiger partial charge < -0.3 is 10.2 Å². The van der Waals surface area contributed by atoms with E-state index in [1.54, 1.807) is 4.90 Å². The predicted octanol–water partition coefficient (Wildman–Crippen LogP) is 5.58. The summed E-state index contributed by atoms with van der Waals surface area (Å²) in [6, 6.07) is 26.7. The van der Waals surface area contributed by atoms with Crippen LogP contribution in [0.25, 0.3) is 0 Å². The molecule has 1 fully saturated rings. The Morgan fingerprint density at radius 3 is 2.03 bits per heavy atom. The Morgan fingerprint density at radius 1 is 0.824 bits per heavy atom. The molecule has 1 atom stereocenters. The van der Waals surface area contributed by atoms with Gasteiger partial charge in [-0.15, -0.1) is 0 Å². The predicted molar refractivity (Wildman–Crippen MR) is 136 cm³/mol. The number of nitrogens with one attached hydrogen (secondary N) is 1. The number of hydrogen-bond donors (Lipinski definition) is 1. The van der Waals surface area contributed by atoms with E-state index in [2.05, 4.69) is 5.32 Å². The van der Waals surface area contributed by atoms with Gasteiger partial charge in [-0.05, 0) is 41.7 Å². The summed E-state index contributed by atoms with van der Waals surface area (Å²) in [7, 11) is 0. The molecule has 0 spiro atoms. The molecule has 3 aromatic carbocycles. The highest BCUT2D eigenvalue weighted by Gasteiger charge is 2.32. The third kappa shape index (κ3) is 6.71. The SMILES string of the molecule is O=C(NC1CCCC1)[C@@H](Cc1ccccc1)N(Cc1ccc(Cl)cc1)C(=O)Cc1ccccc1. The van der Waals surface area contributed by atoms with Crippen LogP contribution < -0.4 is 5.32 Å². The first-order valence-corrected chi connectivity index (χ1v) is 12.4. The first kappa shape index (κ1) is 24.0. The second-order valence-electron chi connectivity index (χ2n) is 9.01. The Morgan fingerprint density at radius 2 is 1.41 bits per heavy atom. The number of nitrogens with zero attached hydrogens (tertiary/aromatic N) is 1. The monoisotopic (exact) mass is 474 g/mol. The number of hydrogen-bond acceptors (Lipinski definition) is 2. The molecule has 2 amide bonds. The zero-order valence-electron chi connectivity index (χ0n) is 19.3. The number of carbonyl (C=O) groups excluding carboxylic acids is 2. The maximum absolute atomic E-state index is 13.7. The highest BCUT2D eigenvalue weighted by Crippen LogP contribution is 2.21. The van der Waals surface area contributed by atoms with E-state index in [0.717, 1.165) is 42.4 Å². The van der Waals surface area contributed by atoms with Crippen molar-refractivity contribution < 1.29 is 9.59 Å². The lowest BCUT2D eigenvalue weighted by molar-refractivity contribution is -0.141. The molecule has 0 unspecified atom stereocenters. The van der Waals surface area contributed by atoms with Crippen molar-refractivity contribution in [2.75, 3.05) is 0 Å². The van der Waals surface area contributed by atoms with Gasteiger partial charge in [0.1, 0.15) is 6.04 Å². The van der Waals surface area contributed by atoms with Gasteiger partial charge in [0.25, 0.3) is 0 Å². The van der Waals surface area contributed by atoms with E-state index in [0.29, 0.717) is 18.0 Å². The summed E-state index contributed by atoms with van der Waals surface area (Å²) in [5.41, 5.74) is 2.91. The largest absolute Gasteiger partial charge is 0.352 e. The molecular formula is C29H31ClN2O2. The molecule has 1 aliphatic carbocycles. The smallest absolute Gasteiger partial charge is 0.243 e. The Kier molecular flexibility index (Phi) is 8.37. The first-order valence-electron chi connectivity index (χ1n) is 12.0. The lowest BCUT2D eigenvalue weighted by Gasteiger charge is -2.32. The summed E-state index contributed by atoms with van der Waals surface area (Å²) >= 11 is 6.09. The van der Waals surface area contributed by atoms with E-state index < -0.39 is 6.04 Å². The maximum Gasteiger partial charge on any atom is 0.243 e. The molecule has 0 saturated heterocycles. The molecular weight excluding hydrogens is 444 g/mol. The molecule has 0 aromatic heterocycles. The van der Waals surface area contributed by atoms with Crippen LogP contribution in [-0.2, 0) is 29.0 Å². The fraction of sp³-hybridized carbons (Fsp3) is 0.310. The van der Waals surface area contributed by atoms with Crippen molar-refractivity contribution in [3.05, 3.63) is 107 Å². The van der Waals surface area contributed by atoms with Crippen molar-refractivity contribution in [1.29, 1.82) is 0 Å². The minimum absolute atomic E-state index is 0.0661. The minimum Gasteiger partial charge on any atom is -0.352 e. The number of rotatable bonds is 9. The van der Waals surface area contributed by atoms with Crippen LogP contribution in [-0.4, -0.2) is 28.8 Å². The van der Waals surface area contributed by atoms with Crippen LogP contribution in [0.2, 0.25) is 5.02 Å². The van der Waals surface area contributed by atoms with Gasteiger partial charge in [-0.2, -0.15) is 0 Å². The number of halogens is 1. The van der Waals surface area contributed by atoms with Gasteiger partial charge in [-0.3, -0.25) is 9.59 Å². The second-order valence-corrected chi connectivity index (χ2v) is 9.44. The molecule has 1 aliphatic rings. The molecule has 4 nitrogen and oxygen atoms in total. The van der Waals surface area contributed by atoms with E-state index >= 15 is 0 Å². The number of carbonyl (C=O) groups is 2. The van der Waals surface area contributed by atoms with Gasteiger partial charge in [-0.25, -0.2) is 0 Å². The quantitative estimate of drug-likeness (QED) is 0.440. The average Bonchev–Trinajstić information content (AvgIpc) is 3.36. The van der Waals surface area contributed by atoms with Crippen LogP contribution >= 0.6 is 11.6 Å². The fourth-order valence-corrected chi connectivity index (χ4v) is 4.71. The van der Waals surface area contributed by atoms with Gasteiger partial charge in [0.05, 0.1) is 6.42 Å². The highest BCUT2D eigenvalue weighted by atomic mass is 35.5. The molecule has 1 N–H and O–H groups in total. The van der Waals surface area contributed by atoms with E-state index in [1.807, 2.05) is 84.9 Å². The van der Waals surface area contributed by atoms with Crippen molar-refractivity contribution in [2.45, 2.75) is 57.2 Å². The first-order chi connectivity index (χ1) is 16.6. The molecule has 5 heteroatoms. The van der Waals surface area contributed by atoms with Crippen molar-refractivity contribution in [2.24, 2.45) is 0 Å². The fourth-order valence-electron chi connectivity index (χ4n) is 4.58. The zero-order valence-corrected chi connectivity index (χ0v) is 20.1. The van der Waals surface area contributed by atoms with Crippen LogP contribution in [0.5, 0.6) is 0 Å². The number of benzene rings is 3. The van der Waals surface area contributed by atoms with Crippen molar-refractivity contribution in [3.63, 3.8) is 0 Å². The van der Waals surface area contributed by atoms with Gasteiger partial charge >= 0.3 is 0 Å². The lowest BCUT2D eigenvalue weighted by atomic mass is 10.0. The summed E-state index contributed by atoms with van der Waals surface area (Å²) in [4.78, 5) is 29.0. The summed E-state index contributed by atoms with van der Waals surface area (Å²) in [5.74, 6) is -0.144. The molecule has 0 radical (unpaired) electrons. The molecule has 3 aromatic rings. The average molecular weight is 475 g/mol. The number of amides is 2. The van der Waals surface area contributed by atoms with Crippen molar-refractivity contribution >= 4 is 23.4 Å². The van der Waals surface area contributed by atoms with Crippen LogP contribution in [0, 0.1) is 0 Å². The van der Waals surface area contributed by atoms with E-state index in [1.165, 1.54) is 0 Å². The minimum atomic E-state index is -0.602. The van der Waals surface area contributed by atoms with Crippen LogP contribution in [0.4, 0.5) is 0 Å². The highest BCUT2D eigenvalue weighted by molar-refractivity contribution is 6.30. The molecule has 34 heavy (non-hydrogen) atoms. The van der Waals surface area contributed by atoms with E-state index in [4.69, 9.17) is 11.6 Å². The second kappa shape index (κ2) is 11.8. The normalized spacial score (nSPS) is 14.5. The third-order valence-corrected chi connectivity index (χ3v) is 6.69. The molecule has 4 rings (SSSR count).